The summed E-state index contributed by atoms with van der Waals surface area (Å²) in [6, 6.07) is 5.27. The number of hydrogen-bond acceptors (Lipinski definition) is 4. The fraction of sp³-hybridized carbons (Fsp3) is 0.0909. The van der Waals surface area contributed by atoms with Gasteiger partial charge in [0.05, 0.1) is 23.5 Å². The van der Waals surface area contributed by atoms with Crippen LogP contribution in [0.15, 0.2) is 36.8 Å². The third-order valence-electron chi connectivity index (χ3n) is 2.04. The summed E-state index contributed by atoms with van der Waals surface area (Å²) in [4.78, 5) is 8.01. The minimum absolute atomic E-state index is 0.0215. The van der Waals surface area contributed by atoms with Crippen LogP contribution >= 0.6 is 11.6 Å². The van der Waals surface area contributed by atoms with E-state index in [1.165, 1.54) is 0 Å². The van der Waals surface area contributed by atoms with Gasteiger partial charge >= 0.3 is 0 Å². The molecule has 0 amide bonds. The topological polar surface area (TPSA) is 58.0 Å². The fourth-order valence-corrected chi connectivity index (χ4v) is 1.43. The molecular weight excluding hydrogens is 226 g/mol. The molecule has 4 nitrogen and oxygen atoms in total. The Morgan fingerprint density at radius 1 is 1.31 bits per heavy atom. The lowest BCUT2D eigenvalue weighted by Crippen LogP contribution is -1.95. The standard InChI is InChI=1S/C11H10ClN3O/c12-9-2-1-8(7-16)5-10(9)15-11-6-13-3-4-14-11/h1-6,16H,7H2,(H,14,15). The van der Waals surface area contributed by atoms with Gasteiger partial charge in [-0.05, 0) is 17.7 Å². The summed E-state index contributed by atoms with van der Waals surface area (Å²) < 4.78 is 0. The molecule has 0 atom stereocenters. The maximum Gasteiger partial charge on any atom is 0.148 e. The average molecular weight is 236 g/mol. The van der Waals surface area contributed by atoms with Crippen LogP contribution in [-0.2, 0) is 6.61 Å². The van der Waals surface area contributed by atoms with E-state index in [0.717, 1.165) is 5.56 Å². The SMILES string of the molecule is OCc1ccc(Cl)c(Nc2cnccn2)c1. The Kier molecular flexibility index (Phi) is 3.34. The Morgan fingerprint density at radius 2 is 2.19 bits per heavy atom. The van der Waals surface area contributed by atoms with E-state index < -0.39 is 0 Å². The van der Waals surface area contributed by atoms with Gasteiger partial charge in [-0.1, -0.05) is 17.7 Å². The second-order valence-electron chi connectivity index (χ2n) is 3.19. The van der Waals surface area contributed by atoms with Crippen molar-refractivity contribution in [1.82, 2.24) is 9.97 Å². The number of aromatic nitrogens is 2. The number of halogens is 1. The Hall–Kier alpha value is -1.65. The monoisotopic (exact) mass is 235 g/mol. The molecule has 1 heterocycles. The van der Waals surface area contributed by atoms with Gasteiger partial charge in [0.2, 0.25) is 0 Å². The molecule has 1 aromatic carbocycles. The molecule has 2 aromatic rings. The van der Waals surface area contributed by atoms with E-state index in [1.54, 1.807) is 36.8 Å². The predicted molar refractivity (Wildman–Crippen MR) is 62.7 cm³/mol. The van der Waals surface area contributed by atoms with Crippen molar-refractivity contribution < 1.29 is 5.11 Å². The van der Waals surface area contributed by atoms with Crippen molar-refractivity contribution in [2.75, 3.05) is 5.32 Å². The van der Waals surface area contributed by atoms with Gasteiger partial charge in [0.15, 0.2) is 0 Å². The smallest absolute Gasteiger partial charge is 0.148 e. The highest BCUT2D eigenvalue weighted by molar-refractivity contribution is 6.33. The molecule has 82 valence electrons. The van der Waals surface area contributed by atoms with Crippen molar-refractivity contribution in [1.29, 1.82) is 0 Å². The molecule has 2 N–H and O–H groups in total. The highest BCUT2D eigenvalue weighted by atomic mass is 35.5. The lowest BCUT2D eigenvalue weighted by molar-refractivity contribution is 0.282. The Labute approximate surface area is 97.9 Å². The van der Waals surface area contributed by atoms with Crippen LogP contribution in [0.4, 0.5) is 11.5 Å². The highest BCUT2D eigenvalue weighted by Crippen LogP contribution is 2.25. The van der Waals surface area contributed by atoms with E-state index in [1.807, 2.05) is 0 Å². The normalized spacial score (nSPS) is 10.1. The first-order chi connectivity index (χ1) is 7.79. The Bertz CT molecular complexity index is 476. The molecule has 0 bridgehead atoms. The van der Waals surface area contributed by atoms with Crippen LogP contribution in [0.2, 0.25) is 5.02 Å². The first kappa shape index (κ1) is 10.9. The van der Waals surface area contributed by atoms with E-state index in [2.05, 4.69) is 15.3 Å². The third-order valence-corrected chi connectivity index (χ3v) is 2.37. The van der Waals surface area contributed by atoms with Crippen LogP contribution in [0.5, 0.6) is 0 Å². The lowest BCUT2D eigenvalue weighted by Gasteiger charge is -2.08. The van der Waals surface area contributed by atoms with Crippen LogP contribution in [0, 0.1) is 0 Å². The van der Waals surface area contributed by atoms with Gasteiger partial charge in [-0.2, -0.15) is 0 Å². The number of aliphatic hydroxyl groups excluding tert-OH is 1. The van der Waals surface area contributed by atoms with Crippen molar-refractivity contribution in [3.05, 3.63) is 47.4 Å². The second kappa shape index (κ2) is 4.92. The molecule has 5 heteroatoms. The molecule has 0 fully saturated rings. The van der Waals surface area contributed by atoms with Gasteiger partial charge in [-0.25, -0.2) is 4.98 Å². The molecule has 2 rings (SSSR count). The van der Waals surface area contributed by atoms with Gasteiger partial charge in [0, 0.05) is 12.4 Å². The molecule has 0 aliphatic heterocycles. The summed E-state index contributed by atoms with van der Waals surface area (Å²) in [6.07, 6.45) is 4.78. The van der Waals surface area contributed by atoms with Crippen molar-refractivity contribution in [2.45, 2.75) is 6.61 Å². The number of rotatable bonds is 3. The van der Waals surface area contributed by atoms with Gasteiger partial charge in [-0.3, -0.25) is 4.98 Å². The predicted octanol–water partition coefficient (Wildman–Crippen LogP) is 2.37. The summed E-state index contributed by atoms with van der Waals surface area (Å²) >= 11 is 6.01. The number of hydrogen-bond donors (Lipinski definition) is 2. The number of anilines is 2. The van der Waals surface area contributed by atoms with Crippen molar-refractivity contribution >= 4 is 23.1 Å². The molecule has 0 aliphatic carbocycles. The van der Waals surface area contributed by atoms with E-state index in [4.69, 9.17) is 16.7 Å². The zero-order valence-electron chi connectivity index (χ0n) is 8.39. The third kappa shape index (κ3) is 2.48. The quantitative estimate of drug-likeness (QED) is 0.858. The largest absolute Gasteiger partial charge is 0.392 e. The van der Waals surface area contributed by atoms with E-state index >= 15 is 0 Å². The van der Waals surface area contributed by atoms with Crippen LogP contribution in [-0.4, -0.2) is 15.1 Å². The summed E-state index contributed by atoms with van der Waals surface area (Å²) in [5.41, 5.74) is 1.49. The summed E-state index contributed by atoms with van der Waals surface area (Å²) in [7, 11) is 0. The van der Waals surface area contributed by atoms with E-state index in [-0.39, 0.29) is 6.61 Å². The molecule has 0 saturated heterocycles. The fourth-order valence-electron chi connectivity index (χ4n) is 1.27. The molecule has 1 aromatic heterocycles. The number of benzene rings is 1. The molecule has 0 radical (unpaired) electrons. The Morgan fingerprint density at radius 3 is 2.88 bits per heavy atom. The molecular formula is C11H10ClN3O. The molecule has 0 aliphatic rings. The van der Waals surface area contributed by atoms with Crippen molar-refractivity contribution in [3.63, 3.8) is 0 Å². The number of nitrogens with zero attached hydrogens (tertiary/aromatic N) is 2. The number of aliphatic hydroxyl groups is 1. The molecule has 0 spiro atoms. The summed E-state index contributed by atoms with van der Waals surface area (Å²) in [5, 5.41) is 12.6. The van der Waals surface area contributed by atoms with Gasteiger partial charge in [-0.15, -0.1) is 0 Å². The average Bonchev–Trinajstić information content (AvgIpc) is 2.33. The summed E-state index contributed by atoms with van der Waals surface area (Å²) in [5.74, 6) is 0.611. The lowest BCUT2D eigenvalue weighted by atomic mass is 10.2. The van der Waals surface area contributed by atoms with Crippen molar-refractivity contribution in [2.24, 2.45) is 0 Å². The minimum Gasteiger partial charge on any atom is -0.392 e. The van der Waals surface area contributed by atoms with Crippen LogP contribution in [0.1, 0.15) is 5.56 Å². The second-order valence-corrected chi connectivity index (χ2v) is 3.60. The van der Waals surface area contributed by atoms with Crippen LogP contribution in [0.3, 0.4) is 0 Å². The first-order valence-corrected chi connectivity index (χ1v) is 5.09. The van der Waals surface area contributed by atoms with Gasteiger partial charge < -0.3 is 10.4 Å². The number of nitrogens with one attached hydrogen (secondary N) is 1. The van der Waals surface area contributed by atoms with Gasteiger partial charge in [0.25, 0.3) is 0 Å². The first-order valence-electron chi connectivity index (χ1n) is 4.72. The summed E-state index contributed by atoms with van der Waals surface area (Å²) in [6.45, 7) is -0.0215. The molecule has 16 heavy (non-hydrogen) atoms. The zero-order chi connectivity index (χ0) is 11.4. The maximum atomic E-state index is 9.02. The highest BCUT2D eigenvalue weighted by Gasteiger charge is 2.02. The maximum absolute atomic E-state index is 9.02. The van der Waals surface area contributed by atoms with Crippen LogP contribution in [0.25, 0.3) is 0 Å². The van der Waals surface area contributed by atoms with Crippen LogP contribution < -0.4 is 5.32 Å². The van der Waals surface area contributed by atoms with E-state index in [0.29, 0.717) is 16.5 Å². The van der Waals surface area contributed by atoms with E-state index in [9.17, 15) is 0 Å². The van der Waals surface area contributed by atoms with Crippen molar-refractivity contribution in [3.8, 4) is 0 Å². The minimum atomic E-state index is -0.0215. The van der Waals surface area contributed by atoms with Gasteiger partial charge in [0.1, 0.15) is 5.82 Å². The molecule has 0 saturated carbocycles. The molecule has 0 unspecified atom stereocenters. The Balaban J connectivity index is 2.27. The zero-order valence-corrected chi connectivity index (χ0v) is 9.15.